The Morgan fingerprint density at radius 3 is 2.58 bits per heavy atom. The Labute approximate surface area is 131 Å². The Morgan fingerprint density at radius 1 is 1.16 bits per heavy atom. The van der Waals surface area contributed by atoms with Crippen molar-refractivity contribution >= 4 is 27.5 Å². The average molecular weight is 347 g/mol. The fraction of sp³-hybridized carbons (Fsp3) is 0.625. The normalized spacial score (nSPS) is 12.6. The third kappa shape index (κ3) is 6.29. The Morgan fingerprint density at radius 2 is 1.89 bits per heavy atom. The highest BCUT2D eigenvalue weighted by molar-refractivity contribution is 9.10. The highest BCUT2D eigenvalue weighted by Gasteiger charge is 2.13. The van der Waals surface area contributed by atoms with Gasteiger partial charge < -0.3 is 5.32 Å². The molecule has 0 saturated heterocycles. The Kier molecular flexibility index (Phi) is 8.76. The molecule has 0 aliphatic carbocycles. The lowest BCUT2D eigenvalue weighted by Crippen LogP contribution is -2.21. The smallest absolute Gasteiger partial charge is 0.0410 e. The first kappa shape index (κ1) is 17.0. The fourth-order valence-electron chi connectivity index (χ4n) is 2.35. The zero-order chi connectivity index (χ0) is 14.1. The number of benzene rings is 1. The second-order valence-corrected chi connectivity index (χ2v) is 6.27. The molecule has 19 heavy (non-hydrogen) atoms. The van der Waals surface area contributed by atoms with E-state index in [1.807, 2.05) is 12.1 Å². The molecule has 1 aromatic rings. The summed E-state index contributed by atoms with van der Waals surface area (Å²) in [5.74, 6) is 0. The molecule has 0 aliphatic rings. The predicted octanol–water partition coefficient (Wildman–Crippen LogP) is 6.11. The molecule has 0 bridgehead atoms. The van der Waals surface area contributed by atoms with Crippen LogP contribution in [-0.2, 0) is 0 Å². The lowest BCUT2D eigenvalue weighted by molar-refractivity contribution is 0.477. The van der Waals surface area contributed by atoms with Crippen LogP contribution in [0.3, 0.4) is 0 Å². The van der Waals surface area contributed by atoms with Gasteiger partial charge in [0.25, 0.3) is 0 Å². The van der Waals surface area contributed by atoms with Crippen LogP contribution in [0.25, 0.3) is 0 Å². The summed E-state index contributed by atoms with van der Waals surface area (Å²) in [7, 11) is 0. The van der Waals surface area contributed by atoms with Gasteiger partial charge in [-0.15, -0.1) is 0 Å². The van der Waals surface area contributed by atoms with Gasteiger partial charge in [0.05, 0.1) is 0 Å². The minimum absolute atomic E-state index is 0.403. The third-order valence-electron chi connectivity index (χ3n) is 3.38. The molecule has 1 atom stereocenters. The fourth-order valence-corrected chi connectivity index (χ4v) is 3.05. The van der Waals surface area contributed by atoms with E-state index in [9.17, 15) is 0 Å². The maximum absolute atomic E-state index is 6.12. The second-order valence-electron chi connectivity index (χ2n) is 4.98. The molecule has 1 N–H and O–H groups in total. The topological polar surface area (TPSA) is 12.0 Å². The summed E-state index contributed by atoms with van der Waals surface area (Å²) in [5.41, 5.74) is 1.28. The maximum atomic E-state index is 6.12. The summed E-state index contributed by atoms with van der Waals surface area (Å²) >= 11 is 9.75. The third-order valence-corrected chi connectivity index (χ3v) is 4.34. The van der Waals surface area contributed by atoms with Crippen molar-refractivity contribution < 1.29 is 0 Å². The molecule has 0 aliphatic heterocycles. The number of halogens is 2. The molecule has 0 aromatic heterocycles. The monoisotopic (exact) mass is 345 g/mol. The molecule has 0 radical (unpaired) electrons. The van der Waals surface area contributed by atoms with E-state index in [-0.39, 0.29) is 0 Å². The number of hydrogen-bond acceptors (Lipinski definition) is 1. The lowest BCUT2D eigenvalue weighted by atomic mass is 9.99. The van der Waals surface area contributed by atoms with E-state index < -0.39 is 0 Å². The van der Waals surface area contributed by atoms with E-state index in [1.54, 1.807) is 0 Å². The van der Waals surface area contributed by atoms with Crippen LogP contribution in [0.2, 0.25) is 5.02 Å². The molecular formula is C16H25BrClN. The largest absolute Gasteiger partial charge is 0.310 e. The molecule has 0 amide bonds. The van der Waals surface area contributed by atoms with Crippen LogP contribution in [0, 0.1) is 0 Å². The summed E-state index contributed by atoms with van der Waals surface area (Å²) in [6, 6.07) is 6.45. The molecule has 3 heteroatoms. The standard InChI is InChI=1S/C16H25BrClN/c1-3-5-6-7-8-9-16(19-4-2)14-12-13(18)10-11-15(14)17/h10-12,16,19H,3-9H2,1-2H3. The van der Waals surface area contributed by atoms with E-state index in [0.29, 0.717) is 6.04 Å². The van der Waals surface area contributed by atoms with E-state index in [1.165, 1.54) is 44.1 Å². The highest BCUT2D eigenvalue weighted by atomic mass is 79.9. The number of unbranched alkanes of at least 4 members (excludes halogenated alkanes) is 4. The van der Waals surface area contributed by atoms with Crippen molar-refractivity contribution in [3.05, 3.63) is 33.3 Å². The van der Waals surface area contributed by atoms with Crippen LogP contribution in [0.1, 0.15) is 64.0 Å². The van der Waals surface area contributed by atoms with Crippen molar-refractivity contribution in [2.75, 3.05) is 6.54 Å². The van der Waals surface area contributed by atoms with Gasteiger partial charge in [-0.3, -0.25) is 0 Å². The summed E-state index contributed by atoms with van der Waals surface area (Å²) in [6.07, 6.45) is 7.79. The molecule has 0 spiro atoms. The van der Waals surface area contributed by atoms with Gasteiger partial charge in [0.2, 0.25) is 0 Å². The average Bonchev–Trinajstić information content (AvgIpc) is 2.40. The van der Waals surface area contributed by atoms with Gasteiger partial charge in [0, 0.05) is 15.5 Å². The van der Waals surface area contributed by atoms with Gasteiger partial charge >= 0.3 is 0 Å². The number of rotatable bonds is 9. The summed E-state index contributed by atoms with van der Waals surface area (Å²) in [5, 5.41) is 4.38. The lowest BCUT2D eigenvalue weighted by Gasteiger charge is -2.20. The highest BCUT2D eigenvalue weighted by Crippen LogP contribution is 2.29. The molecular weight excluding hydrogens is 322 g/mol. The van der Waals surface area contributed by atoms with Crippen LogP contribution < -0.4 is 5.32 Å². The van der Waals surface area contributed by atoms with Crippen LogP contribution in [0.5, 0.6) is 0 Å². The minimum atomic E-state index is 0.403. The first-order valence-corrected chi connectivity index (χ1v) is 8.54. The van der Waals surface area contributed by atoms with Crippen molar-refractivity contribution in [1.82, 2.24) is 5.32 Å². The first-order chi connectivity index (χ1) is 9.19. The Bertz CT molecular complexity index is 368. The molecule has 0 heterocycles. The van der Waals surface area contributed by atoms with Crippen molar-refractivity contribution in [3.63, 3.8) is 0 Å². The van der Waals surface area contributed by atoms with E-state index in [0.717, 1.165) is 16.0 Å². The predicted molar refractivity (Wildman–Crippen MR) is 88.9 cm³/mol. The zero-order valence-electron chi connectivity index (χ0n) is 12.0. The van der Waals surface area contributed by atoms with E-state index >= 15 is 0 Å². The van der Waals surface area contributed by atoms with Crippen LogP contribution >= 0.6 is 27.5 Å². The van der Waals surface area contributed by atoms with Gasteiger partial charge in [-0.1, -0.05) is 73.5 Å². The summed E-state index contributed by atoms with van der Waals surface area (Å²) in [4.78, 5) is 0. The number of hydrogen-bond donors (Lipinski definition) is 1. The Hall–Kier alpha value is -0.0500. The summed E-state index contributed by atoms with van der Waals surface area (Å²) in [6.45, 7) is 5.39. The minimum Gasteiger partial charge on any atom is -0.310 e. The van der Waals surface area contributed by atoms with Gasteiger partial charge in [-0.05, 0) is 36.7 Å². The van der Waals surface area contributed by atoms with Gasteiger partial charge in [-0.2, -0.15) is 0 Å². The molecule has 1 unspecified atom stereocenters. The van der Waals surface area contributed by atoms with Crippen molar-refractivity contribution in [1.29, 1.82) is 0 Å². The van der Waals surface area contributed by atoms with Crippen LogP contribution in [0.15, 0.2) is 22.7 Å². The van der Waals surface area contributed by atoms with Gasteiger partial charge in [-0.25, -0.2) is 0 Å². The van der Waals surface area contributed by atoms with E-state index in [2.05, 4.69) is 41.2 Å². The van der Waals surface area contributed by atoms with Crippen molar-refractivity contribution in [2.45, 2.75) is 58.4 Å². The molecule has 108 valence electrons. The zero-order valence-corrected chi connectivity index (χ0v) is 14.4. The maximum Gasteiger partial charge on any atom is 0.0410 e. The molecule has 1 aromatic carbocycles. The molecule has 0 saturated carbocycles. The van der Waals surface area contributed by atoms with Gasteiger partial charge in [0.15, 0.2) is 0 Å². The Balaban J connectivity index is 2.58. The molecule has 1 nitrogen and oxygen atoms in total. The van der Waals surface area contributed by atoms with Crippen LogP contribution in [-0.4, -0.2) is 6.54 Å². The first-order valence-electron chi connectivity index (χ1n) is 7.37. The molecule has 0 fully saturated rings. The number of nitrogens with one attached hydrogen (secondary N) is 1. The van der Waals surface area contributed by atoms with Crippen molar-refractivity contribution in [3.8, 4) is 0 Å². The van der Waals surface area contributed by atoms with Crippen molar-refractivity contribution in [2.24, 2.45) is 0 Å². The van der Waals surface area contributed by atoms with E-state index in [4.69, 9.17) is 11.6 Å². The van der Waals surface area contributed by atoms with Gasteiger partial charge in [0.1, 0.15) is 0 Å². The van der Waals surface area contributed by atoms with Crippen LogP contribution in [0.4, 0.5) is 0 Å². The summed E-state index contributed by atoms with van der Waals surface area (Å²) < 4.78 is 1.15. The quantitative estimate of drug-likeness (QED) is 0.532. The second kappa shape index (κ2) is 9.79. The molecule has 1 rings (SSSR count). The SMILES string of the molecule is CCCCCCCC(NCC)c1cc(Cl)ccc1Br.